The van der Waals surface area contributed by atoms with Gasteiger partial charge in [0.2, 0.25) is 0 Å². The van der Waals surface area contributed by atoms with Gasteiger partial charge in [0, 0.05) is 12.0 Å². The lowest BCUT2D eigenvalue weighted by Crippen LogP contribution is -2.59. The van der Waals surface area contributed by atoms with Crippen molar-refractivity contribution in [3.63, 3.8) is 0 Å². The van der Waals surface area contributed by atoms with E-state index >= 15 is 0 Å². The van der Waals surface area contributed by atoms with Crippen molar-refractivity contribution in [2.24, 2.45) is 50.7 Å². The quantitative estimate of drug-likeness (QED) is 0.627. The zero-order valence-corrected chi connectivity index (χ0v) is 22.2. The second kappa shape index (κ2) is 6.78. The molecule has 0 radical (unpaired) electrons. The van der Waals surface area contributed by atoms with Crippen molar-refractivity contribution in [2.75, 3.05) is 20.6 Å². The lowest BCUT2D eigenvalue weighted by molar-refractivity contribution is -0.182. The predicted molar refractivity (Wildman–Crippen MR) is 131 cm³/mol. The smallest absolute Gasteiger partial charge is 0.0880 e. The van der Waals surface area contributed by atoms with E-state index in [1.807, 2.05) is 0 Å². The normalized spacial score (nSPS) is 60.9. The number of rotatable bonds is 2. The van der Waals surface area contributed by atoms with E-state index < -0.39 is 0 Å². The first-order chi connectivity index (χ1) is 15.3. The predicted octanol–water partition coefficient (Wildman–Crippen LogP) is 4.72. The zero-order valence-electron chi connectivity index (χ0n) is 22.2. The Morgan fingerprint density at radius 3 is 2.27 bits per heavy atom. The molecule has 6 fully saturated rings. The lowest BCUT2D eigenvalue weighted by atomic mass is 9.41. The Morgan fingerprint density at radius 2 is 1.58 bits per heavy atom. The lowest BCUT2D eigenvalue weighted by Gasteiger charge is -2.63. The SMILES string of the molecule is C[C@@H]1CC(CN(C)C)OC2[C@H]1C1(C)CCC34CC35CCC(O)C(C)(C)[C@@H]5CCC4[C@]1(C)[C@H]2O. The highest BCUT2D eigenvalue weighted by Crippen LogP contribution is 2.89. The molecule has 0 bridgehead atoms. The third kappa shape index (κ3) is 2.53. The number of fused-ring (bicyclic) bond motifs is 4. The summed E-state index contributed by atoms with van der Waals surface area (Å²) >= 11 is 0. The van der Waals surface area contributed by atoms with Crippen LogP contribution in [-0.4, -0.2) is 60.2 Å². The molecule has 2 N–H and O–H groups in total. The molecule has 6 rings (SSSR count). The molecule has 7 unspecified atom stereocenters. The van der Waals surface area contributed by atoms with Gasteiger partial charge in [-0.1, -0.05) is 34.6 Å². The van der Waals surface area contributed by atoms with Gasteiger partial charge in [-0.15, -0.1) is 0 Å². The summed E-state index contributed by atoms with van der Waals surface area (Å²) in [6.07, 6.45) is 9.34. The van der Waals surface area contributed by atoms with E-state index in [1.54, 1.807) is 0 Å². The third-order valence-electron chi connectivity index (χ3n) is 13.4. The topological polar surface area (TPSA) is 52.9 Å². The first-order valence-electron chi connectivity index (χ1n) is 14.0. The van der Waals surface area contributed by atoms with Crippen molar-refractivity contribution in [3.05, 3.63) is 0 Å². The van der Waals surface area contributed by atoms with Crippen molar-refractivity contribution < 1.29 is 14.9 Å². The Bertz CT molecular complexity index is 828. The molecule has 188 valence electrons. The van der Waals surface area contributed by atoms with Gasteiger partial charge in [-0.25, -0.2) is 0 Å². The van der Waals surface area contributed by atoms with Crippen molar-refractivity contribution >= 4 is 0 Å². The van der Waals surface area contributed by atoms with E-state index in [0.29, 0.717) is 34.5 Å². The van der Waals surface area contributed by atoms with Crippen LogP contribution >= 0.6 is 0 Å². The summed E-state index contributed by atoms with van der Waals surface area (Å²) in [5.41, 5.74) is 0.902. The van der Waals surface area contributed by atoms with Gasteiger partial charge in [0.25, 0.3) is 0 Å². The van der Waals surface area contributed by atoms with Crippen LogP contribution in [0.25, 0.3) is 0 Å². The van der Waals surface area contributed by atoms with E-state index in [2.05, 4.69) is 53.6 Å². The third-order valence-corrected chi connectivity index (χ3v) is 13.4. The maximum atomic E-state index is 12.1. The molecule has 5 saturated carbocycles. The molecule has 5 aliphatic carbocycles. The number of aliphatic hydroxyl groups is 2. The Kier molecular flexibility index (Phi) is 4.78. The van der Waals surface area contributed by atoms with Crippen molar-refractivity contribution in [1.82, 2.24) is 4.90 Å². The number of hydrogen-bond acceptors (Lipinski definition) is 4. The van der Waals surface area contributed by atoms with E-state index in [0.717, 1.165) is 19.4 Å². The fourth-order valence-corrected chi connectivity index (χ4v) is 11.9. The highest BCUT2D eigenvalue weighted by atomic mass is 16.5. The van der Waals surface area contributed by atoms with Crippen LogP contribution in [-0.2, 0) is 4.74 Å². The average Bonchev–Trinajstić information content (AvgIpc) is 3.36. The van der Waals surface area contributed by atoms with Crippen LogP contribution in [0.15, 0.2) is 0 Å². The van der Waals surface area contributed by atoms with Gasteiger partial charge in [-0.3, -0.25) is 0 Å². The number of aliphatic hydroxyl groups excluding tert-OH is 2. The Hall–Kier alpha value is -0.160. The van der Waals surface area contributed by atoms with Crippen LogP contribution in [0.5, 0.6) is 0 Å². The van der Waals surface area contributed by atoms with Crippen LogP contribution < -0.4 is 0 Å². The second-order valence-corrected chi connectivity index (χ2v) is 14.9. The van der Waals surface area contributed by atoms with E-state index in [9.17, 15) is 10.2 Å². The van der Waals surface area contributed by atoms with Crippen molar-refractivity contribution in [3.8, 4) is 0 Å². The molecule has 0 aromatic rings. The van der Waals surface area contributed by atoms with Crippen LogP contribution in [0, 0.1) is 50.7 Å². The summed E-state index contributed by atoms with van der Waals surface area (Å²) in [5.74, 6) is 2.29. The molecule has 0 aromatic carbocycles. The zero-order chi connectivity index (χ0) is 23.8. The van der Waals surface area contributed by atoms with Gasteiger partial charge < -0.3 is 19.8 Å². The minimum absolute atomic E-state index is 0.0131. The van der Waals surface area contributed by atoms with E-state index in [-0.39, 0.29) is 40.7 Å². The van der Waals surface area contributed by atoms with Gasteiger partial charge >= 0.3 is 0 Å². The van der Waals surface area contributed by atoms with E-state index in [1.165, 1.54) is 38.5 Å². The Labute approximate surface area is 201 Å². The molecule has 4 nitrogen and oxygen atoms in total. The fraction of sp³-hybridized carbons (Fsp3) is 1.00. The summed E-state index contributed by atoms with van der Waals surface area (Å²) in [4.78, 5) is 2.24. The van der Waals surface area contributed by atoms with Gasteiger partial charge in [0.15, 0.2) is 0 Å². The Balaban J connectivity index is 1.37. The molecule has 0 amide bonds. The summed E-state index contributed by atoms with van der Waals surface area (Å²) in [6.45, 7) is 13.1. The number of ether oxygens (including phenoxy) is 1. The summed E-state index contributed by atoms with van der Waals surface area (Å²) in [6, 6.07) is 0. The minimum Gasteiger partial charge on any atom is -0.393 e. The summed E-state index contributed by atoms with van der Waals surface area (Å²) < 4.78 is 6.78. The van der Waals surface area contributed by atoms with Crippen LogP contribution in [0.2, 0.25) is 0 Å². The molecule has 1 heterocycles. The summed E-state index contributed by atoms with van der Waals surface area (Å²) in [5, 5.41) is 23.0. The first kappa shape index (κ1) is 23.3. The molecule has 1 saturated heterocycles. The molecular formula is C29H49NO3. The summed E-state index contributed by atoms with van der Waals surface area (Å²) in [7, 11) is 4.26. The number of hydrogen-bond donors (Lipinski definition) is 2. The monoisotopic (exact) mass is 459 g/mol. The Morgan fingerprint density at radius 1 is 0.909 bits per heavy atom. The largest absolute Gasteiger partial charge is 0.393 e. The van der Waals surface area contributed by atoms with E-state index in [4.69, 9.17) is 4.74 Å². The maximum Gasteiger partial charge on any atom is 0.0880 e. The molecule has 6 aliphatic rings. The highest BCUT2D eigenvalue weighted by Gasteiger charge is 2.84. The van der Waals surface area contributed by atoms with Gasteiger partial charge in [-0.2, -0.15) is 0 Å². The van der Waals surface area contributed by atoms with Crippen LogP contribution in [0.1, 0.15) is 86.0 Å². The second-order valence-electron chi connectivity index (χ2n) is 14.9. The van der Waals surface area contributed by atoms with Crippen LogP contribution in [0.4, 0.5) is 0 Å². The molecule has 4 heteroatoms. The molecule has 0 aromatic heterocycles. The fourth-order valence-electron chi connectivity index (χ4n) is 11.9. The minimum atomic E-state index is -0.363. The van der Waals surface area contributed by atoms with Gasteiger partial charge in [-0.05, 0) is 111 Å². The molecule has 33 heavy (non-hydrogen) atoms. The van der Waals surface area contributed by atoms with Crippen LogP contribution in [0.3, 0.4) is 0 Å². The number of likely N-dealkylation sites (N-methyl/N-ethyl adjacent to an activating group) is 1. The van der Waals surface area contributed by atoms with Gasteiger partial charge in [0.1, 0.15) is 0 Å². The number of nitrogens with zero attached hydrogens (tertiary/aromatic N) is 1. The average molecular weight is 460 g/mol. The standard InChI is InChI=1S/C29H49NO3/c1-17-14-18(15-30(6)7)33-23-22(17)26(4)12-13-29-16-28(29)11-10-21(31)25(2,3)19(28)8-9-20(29)27(26,5)24(23)32/h17-24,31-32H,8-16H2,1-7H3/t17-,18?,19+,20?,21?,22+,23?,24+,26?,27-,28?,29?/m1/s1. The highest BCUT2D eigenvalue weighted by molar-refractivity contribution is 5.32. The molecule has 1 aliphatic heterocycles. The molecule has 2 spiro atoms. The van der Waals surface area contributed by atoms with Crippen molar-refractivity contribution in [2.45, 2.75) is 110 Å². The van der Waals surface area contributed by atoms with Crippen molar-refractivity contribution in [1.29, 1.82) is 0 Å². The first-order valence-corrected chi connectivity index (χ1v) is 14.0. The molecular weight excluding hydrogens is 410 g/mol. The maximum absolute atomic E-state index is 12.1. The molecule has 12 atom stereocenters. The van der Waals surface area contributed by atoms with Gasteiger partial charge in [0.05, 0.1) is 24.4 Å².